The number of aromatic nitrogens is 1. The molecule has 39 heavy (non-hydrogen) atoms. The van der Waals surface area contributed by atoms with Crippen LogP contribution >= 0.6 is 0 Å². The first-order valence-corrected chi connectivity index (χ1v) is 13.8. The fraction of sp³-hybridized carbons (Fsp3) is 0.250. The van der Waals surface area contributed by atoms with E-state index in [9.17, 15) is 4.79 Å². The number of benzene rings is 4. The van der Waals surface area contributed by atoms with E-state index in [0.29, 0.717) is 13.0 Å². The molecule has 0 aliphatic rings. The van der Waals surface area contributed by atoms with E-state index in [1.54, 1.807) is 0 Å². The molecule has 198 valence electrons. The zero-order valence-corrected chi connectivity index (χ0v) is 23.4. The maximum atomic E-state index is 13.3. The van der Waals surface area contributed by atoms with Gasteiger partial charge in [0.15, 0.2) is 0 Å². The molecule has 0 spiro atoms. The van der Waals surface area contributed by atoms with Gasteiger partial charge in [0.1, 0.15) is 0 Å². The van der Waals surface area contributed by atoms with E-state index in [-0.39, 0.29) is 17.2 Å². The lowest BCUT2D eigenvalue weighted by molar-refractivity contribution is -0.121. The van der Waals surface area contributed by atoms with E-state index in [2.05, 4.69) is 117 Å². The Morgan fingerprint density at radius 1 is 0.795 bits per heavy atom. The Labute approximate surface area is 232 Å². The number of carbonyl (C=O) groups excluding carboxylic acids is 1. The minimum absolute atomic E-state index is 0.0547. The van der Waals surface area contributed by atoms with Gasteiger partial charge in [0.2, 0.25) is 5.91 Å². The summed E-state index contributed by atoms with van der Waals surface area (Å²) in [5, 5.41) is 4.36. The number of nitrogens with zero attached hydrogens (tertiary/aromatic N) is 1. The predicted molar refractivity (Wildman–Crippen MR) is 162 cm³/mol. The molecule has 4 aromatic carbocycles. The molecule has 0 fully saturated rings. The SMILES string of the molecule is Cc1ccc(Cn2cc(C(CC(=O)NCc3ccccc3)c3ccc(C(C)(C)C)cc3)c3ccccc32)cc1. The molecule has 3 nitrogen and oxygen atoms in total. The van der Waals surface area contributed by atoms with Crippen LogP contribution in [0.25, 0.3) is 10.9 Å². The summed E-state index contributed by atoms with van der Waals surface area (Å²) in [6, 6.07) is 36.2. The van der Waals surface area contributed by atoms with Crippen molar-refractivity contribution in [3.05, 3.63) is 143 Å². The normalized spacial score (nSPS) is 12.4. The molecule has 3 heteroatoms. The van der Waals surface area contributed by atoms with Crippen molar-refractivity contribution in [3.8, 4) is 0 Å². The molecule has 1 unspecified atom stereocenters. The lowest BCUT2D eigenvalue weighted by Gasteiger charge is -2.22. The lowest BCUT2D eigenvalue weighted by Crippen LogP contribution is -2.25. The number of nitrogens with one attached hydrogen (secondary N) is 1. The van der Waals surface area contributed by atoms with E-state index in [0.717, 1.165) is 17.7 Å². The zero-order chi connectivity index (χ0) is 27.4. The smallest absolute Gasteiger partial charge is 0.221 e. The Hall–Kier alpha value is -4.11. The average molecular weight is 515 g/mol. The van der Waals surface area contributed by atoms with E-state index >= 15 is 0 Å². The van der Waals surface area contributed by atoms with Gasteiger partial charge in [0.05, 0.1) is 0 Å². The Morgan fingerprint density at radius 2 is 1.46 bits per heavy atom. The highest BCUT2D eigenvalue weighted by atomic mass is 16.1. The van der Waals surface area contributed by atoms with E-state index in [1.165, 1.54) is 33.2 Å². The van der Waals surface area contributed by atoms with Gasteiger partial charge < -0.3 is 9.88 Å². The van der Waals surface area contributed by atoms with Crippen molar-refractivity contribution in [2.24, 2.45) is 0 Å². The number of aryl methyl sites for hydroxylation is 1. The van der Waals surface area contributed by atoms with Gasteiger partial charge in [-0.05, 0) is 46.2 Å². The molecule has 1 N–H and O–H groups in total. The lowest BCUT2D eigenvalue weighted by atomic mass is 9.83. The van der Waals surface area contributed by atoms with Crippen LogP contribution in [-0.2, 0) is 23.3 Å². The first-order chi connectivity index (χ1) is 18.8. The Bertz CT molecular complexity index is 1540. The van der Waals surface area contributed by atoms with Crippen molar-refractivity contribution >= 4 is 16.8 Å². The number of fused-ring (bicyclic) bond motifs is 1. The summed E-state index contributed by atoms with van der Waals surface area (Å²) in [5.74, 6) is -0.00178. The highest BCUT2D eigenvalue weighted by molar-refractivity contribution is 5.87. The maximum Gasteiger partial charge on any atom is 0.221 e. The molecule has 0 bridgehead atoms. The molecule has 5 rings (SSSR count). The molecule has 1 aromatic heterocycles. The van der Waals surface area contributed by atoms with Crippen LogP contribution in [0, 0.1) is 6.92 Å². The largest absolute Gasteiger partial charge is 0.352 e. The molecular formula is C36H38N2O. The summed E-state index contributed by atoms with van der Waals surface area (Å²) in [5.41, 5.74) is 8.54. The summed E-state index contributed by atoms with van der Waals surface area (Å²) in [6.07, 6.45) is 2.65. The van der Waals surface area contributed by atoms with Crippen LogP contribution in [-0.4, -0.2) is 10.5 Å². The molecule has 1 atom stereocenters. The van der Waals surface area contributed by atoms with Crippen LogP contribution in [0.5, 0.6) is 0 Å². The number of para-hydroxylation sites is 1. The van der Waals surface area contributed by atoms with Crippen LogP contribution < -0.4 is 5.32 Å². The second-order valence-electron chi connectivity index (χ2n) is 11.6. The summed E-state index contributed by atoms with van der Waals surface area (Å²) in [7, 11) is 0. The molecule has 1 heterocycles. The highest BCUT2D eigenvalue weighted by Gasteiger charge is 2.24. The first-order valence-electron chi connectivity index (χ1n) is 13.8. The van der Waals surface area contributed by atoms with Gasteiger partial charge in [0, 0.05) is 42.5 Å². The fourth-order valence-electron chi connectivity index (χ4n) is 5.25. The summed E-state index contributed by atoms with van der Waals surface area (Å²) in [6.45, 7) is 10.1. The van der Waals surface area contributed by atoms with Crippen LogP contribution in [0.3, 0.4) is 0 Å². The molecule has 1 amide bonds. The third-order valence-corrected chi connectivity index (χ3v) is 7.57. The fourth-order valence-corrected chi connectivity index (χ4v) is 5.25. The van der Waals surface area contributed by atoms with Crippen molar-refractivity contribution in [2.45, 2.75) is 58.5 Å². The predicted octanol–water partition coefficient (Wildman–Crippen LogP) is 8.13. The van der Waals surface area contributed by atoms with Crippen molar-refractivity contribution in [1.82, 2.24) is 9.88 Å². The van der Waals surface area contributed by atoms with E-state index < -0.39 is 0 Å². The van der Waals surface area contributed by atoms with Crippen LogP contribution in [0.2, 0.25) is 0 Å². The van der Waals surface area contributed by atoms with Gasteiger partial charge in [-0.1, -0.05) is 123 Å². The monoisotopic (exact) mass is 514 g/mol. The summed E-state index contributed by atoms with van der Waals surface area (Å²) >= 11 is 0. The quantitative estimate of drug-likeness (QED) is 0.223. The van der Waals surface area contributed by atoms with Gasteiger partial charge in [-0.15, -0.1) is 0 Å². The molecular weight excluding hydrogens is 476 g/mol. The molecule has 0 aliphatic heterocycles. The molecule has 0 radical (unpaired) electrons. The van der Waals surface area contributed by atoms with Gasteiger partial charge >= 0.3 is 0 Å². The Morgan fingerprint density at radius 3 is 2.15 bits per heavy atom. The van der Waals surface area contributed by atoms with Crippen molar-refractivity contribution in [2.75, 3.05) is 0 Å². The third kappa shape index (κ3) is 6.31. The number of hydrogen-bond acceptors (Lipinski definition) is 1. The van der Waals surface area contributed by atoms with Crippen LogP contribution in [0.1, 0.15) is 66.5 Å². The summed E-state index contributed by atoms with van der Waals surface area (Å²) in [4.78, 5) is 13.3. The molecule has 0 aliphatic carbocycles. The van der Waals surface area contributed by atoms with Crippen LogP contribution in [0.15, 0.2) is 109 Å². The van der Waals surface area contributed by atoms with Gasteiger partial charge in [-0.3, -0.25) is 4.79 Å². The standard InChI is InChI=1S/C36H38N2O/c1-26-14-16-28(17-15-26)24-38-25-33(31-12-8-9-13-34(31)38)32(29-18-20-30(21-19-29)36(2,3)4)22-35(39)37-23-27-10-6-5-7-11-27/h5-21,25,32H,22-24H2,1-4H3,(H,37,39). The van der Waals surface area contributed by atoms with E-state index in [1.807, 2.05) is 30.3 Å². The number of carbonyl (C=O) groups is 1. The first kappa shape index (κ1) is 26.5. The minimum Gasteiger partial charge on any atom is -0.352 e. The maximum absolute atomic E-state index is 13.3. The second kappa shape index (κ2) is 11.3. The van der Waals surface area contributed by atoms with E-state index in [4.69, 9.17) is 0 Å². The molecule has 0 saturated carbocycles. The van der Waals surface area contributed by atoms with Crippen molar-refractivity contribution in [3.63, 3.8) is 0 Å². The Kier molecular flexibility index (Phi) is 7.70. The van der Waals surface area contributed by atoms with Crippen molar-refractivity contribution < 1.29 is 4.79 Å². The summed E-state index contributed by atoms with van der Waals surface area (Å²) < 4.78 is 2.33. The zero-order valence-electron chi connectivity index (χ0n) is 23.4. The topological polar surface area (TPSA) is 34.0 Å². The van der Waals surface area contributed by atoms with Crippen molar-refractivity contribution in [1.29, 1.82) is 0 Å². The third-order valence-electron chi connectivity index (χ3n) is 7.57. The number of amides is 1. The van der Waals surface area contributed by atoms with Gasteiger partial charge in [-0.2, -0.15) is 0 Å². The Balaban J connectivity index is 1.51. The average Bonchev–Trinajstić information content (AvgIpc) is 3.30. The molecule has 5 aromatic rings. The minimum atomic E-state index is -0.0565. The van der Waals surface area contributed by atoms with Gasteiger partial charge in [0.25, 0.3) is 0 Å². The highest BCUT2D eigenvalue weighted by Crippen LogP contribution is 2.36. The number of rotatable bonds is 8. The number of hydrogen-bond donors (Lipinski definition) is 1. The molecule has 0 saturated heterocycles. The van der Waals surface area contributed by atoms with Crippen LogP contribution in [0.4, 0.5) is 0 Å². The second-order valence-corrected chi connectivity index (χ2v) is 11.6. The van der Waals surface area contributed by atoms with Gasteiger partial charge in [-0.25, -0.2) is 0 Å².